The first kappa shape index (κ1) is 6.66. The molecule has 10 heavy (non-hydrogen) atoms. The second-order valence-corrected chi connectivity index (χ2v) is 3.94. The summed E-state index contributed by atoms with van der Waals surface area (Å²) in [5.74, 6) is 1.65. The van der Waals surface area contributed by atoms with E-state index >= 15 is 0 Å². The monoisotopic (exact) mass is 140 g/mol. The molecule has 58 valence electrons. The normalized spacial score (nSPS) is 47.1. The van der Waals surface area contributed by atoms with E-state index in [1.165, 1.54) is 32.1 Å². The van der Waals surface area contributed by atoms with Crippen LogP contribution in [0.15, 0.2) is 0 Å². The van der Waals surface area contributed by atoms with Crippen LogP contribution in [-0.4, -0.2) is 11.2 Å². The van der Waals surface area contributed by atoms with Crippen molar-refractivity contribution < 1.29 is 5.11 Å². The number of hydrogen-bond donors (Lipinski definition) is 1. The average molecular weight is 140 g/mol. The molecule has 2 aliphatic carbocycles. The van der Waals surface area contributed by atoms with Crippen molar-refractivity contribution in [3.63, 3.8) is 0 Å². The van der Waals surface area contributed by atoms with Crippen molar-refractivity contribution in [2.24, 2.45) is 11.8 Å². The molecule has 0 aromatic heterocycles. The number of fused-ring (bicyclic) bond motifs is 2. The highest BCUT2D eigenvalue weighted by molar-refractivity contribution is 4.83. The molecule has 0 spiro atoms. The molecule has 0 heterocycles. The molecular weight excluding hydrogens is 124 g/mol. The van der Waals surface area contributed by atoms with Crippen LogP contribution in [0.3, 0.4) is 0 Å². The van der Waals surface area contributed by atoms with Crippen LogP contribution in [0.25, 0.3) is 0 Å². The molecule has 0 unspecified atom stereocenters. The lowest BCUT2D eigenvalue weighted by atomic mass is 9.71. The fourth-order valence-corrected chi connectivity index (χ4v) is 2.59. The van der Waals surface area contributed by atoms with E-state index < -0.39 is 0 Å². The van der Waals surface area contributed by atoms with E-state index in [4.69, 9.17) is 0 Å². The zero-order chi connectivity index (χ0) is 6.97. The Morgan fingerprint density at radius 2 is 1.90 bits per heavy atom. The Hall–Kier alpha value is -0.0400. The van der Waals surface area contributed by atoms with Crippen LogP contribution in [0.5, 0.6) is 0 Å². The van der Waals surface area contributed by atoms with Crippen LogP contribution in [0, 0.1) is 11.8 Å². The predicted octanol–water partition coefficient (Wildman–Crippen LogP) is 1.95. The number of aliphatic hydroxyl groups excluding tert-OH is 1. The quantitative estimate of drug-likeness (QED) is 0.545. The molecule has 2 rings (SSSR count). The Morgan fingerprint density at radius 3 is 2.70 bits per heavy atom. The summed E-state index contributed by atoms with van der Waals surface area (Å²) < 4.78 is 0. The molecular formula is C9H16O. The summed E-state index contributed by atoms with van der Waals surface area (Å²) in [6.07, 6.45) is 7.83. The average Bonchev–Trinajstić information content (AvgIpc) is 1.99. The molecule has 2 aliphatic rings. The summed E-state index contributed by atoms with van der Waals surface area (Å²) in [6.45, 7) is 0. The van der Waals surface area contributed by atoms with Gasteiger partial charge in [0.2, 0.25) is 0 Å². The fraction of sp³-hybridized carbons (Fsp3) is 1.00. The Bertz CT molecular complexity index is 120. The standard InChI is InChI=1S/C9H16O/c10-9-5-4-7-2-1-3-8(9)6-7/h7-10H,1-6H2/t7-,8-,9-/m0/s1. The lowest BCUT2D eigenvalue weighted by Gasteiger charge is -2.37. The van der Waals surface area contributed by atoms with Gasteiger partial charge in [0.1, 0.15) is 0 Å². The Labute approximate surface area is 62.4 Å². The van der Waals surface area contributed by atoms with Crippen LogP contribution in [0.1, 0.15) is 38.5 Å². The molecule has 1 N–H and O–H groups in total. The molecule has 1 nitrogen and oxygen atoms in total. The van der Waals surface area contributed by atoms with Gasteiger partial charge in [0.05, 0.1) is 6.10 Å². The summed E-state index contributed by atoms with van der Waals surface area (Å²) in [4.78, 5) is 0. The largest absolute Gasteiger partial charge is 0.393 e. The van der Waals surface area contributed by atoms with Crippen LogP contribution < -0.4 is 0 Å². The summed E-state index contributed by atoms with van der Waals surface area (Å²) in [7, 11) is 0. The van der Waals surface area contributed by atoms with Gasteiger partial charge in [-0.3, -0.25) is 0 Å². The third kappa shape index (κ3) is 1.07. The van der Waals surface area contributed by atoms with Crippen LogP contribution in [-0.2, 0) is 0 Å². The highest BCUT2D eigenvalue weighted by Gasteiger charge is 2.31. The highest BCUT2D eigenvalue weighted by Crippen LogP contribution is 2.39. The van der Waals surface area contributed by atoms with E-state index in [1.807, 2.05) is 0 Å². The third-order valence-corrected chi connectivity index (χ3v) is 3.24. The minimum absolute atomic E-state index is 0.0524. The van der Waals surface area contributed by atoms with Gasteiger partial charge < -0.3 is 5.11 Å². The van der Waals surface area contributed by atoms with Crippen LogP contribution >= 0.6 is 0 Å². The molecule has 0 saturated heterocycles. The predicted molar refractivity (Wildman–Crippen MR) is 40.7 cm³/mol. The SMILES string of the molecule is O[C@H]1CC[C@@H]2CCC[C@H]1C2. The lowest BCUT2D eigenvalue weighted by Crippen LogP contribution is -2.32. The molecule has 0 aromatic carbocycles. The Morgan fingerprint density at radius 1 is 1.00 bits per heavy atom. The summed E-state index contributed by atoms with van der Waals surface area (Å²) >= 11 is 0. The van der Waals surface area contributed by atoms with E-state index in [1.54, 1.807) is 0 Å². The van der Waals surface area contributed by atoms with E-state index in [-0.39, 0.29) is 6.10 Å². The maximum atomic E-state index is 9.52. The fourth-order valence-electron chi connectivity index (χ4n) is 2.59. The zero-order valence-electron chi connectivity index (χ0n) is 6.42. The summed E-state index contributed by atoms with van der Waals surface area (Å²) in [5.41, 5.74) is 0. The molecule has 2 fully saturated rings. The van der Waals surface area contributed by atoms with Gasteiger partial charge >= 0.3 is 0 Å². The molecule has 0 amide bonds. The summed E-state index contributed by atoms with van der Waals surface area (Å²) in [6, 6.07) is 0. The van der Waals surface area contributed by atoms with Gasteiger partial charge in [0.25, 0.3) is 0 Å². The van der Waals surface area contributed by atoms with Crippen molar-refractivity contribution in [1.29, 1.82) is 0 Å². The van der Waals surface area contributed by atoms with Gasteiger partial charge in [-0.05, 0) is 37.5 Å². The van der Waals surface area contributed by atoms with Crippen molar-refractivity contribution in [2.45, 2.75) is 44.6 Å². The highest BCUT2D eigenvalue weighted by atomic mass is 16.3. The second kappa shape index (κ2) is 2.54. The van der Waals surface area contributed by atoms with Crippen molar-refractivity contribution >= 4 is 0 Å². The van der Waals surface area contributed by atoms with Gasteiger partial charge in [-0.15, -0.1) is 0 Å². The maximum absolute atomic E-state index is 9.52. The van der Waals surface area contributed by atoms with Crippen molar-refractivity contribution in [3.8, 4) is 0 Å². The van der Waals surface area contributed by atoms with Crippen molar-refractivity contribution in [1.82, 2.24) is 0 Å². The first-order valence-electron chi connectivity index (χ1n) is 4.54. The molecule has 0 aromatic rings. The van der Waals surface area contributed by atoms with Gasteiger partial charge in [-0.2, -0.15) is 0 Å². The molecule has 2 saturated carbocycles. The minimum atomic E-state index is 0.0524. The van der Waals surface area contributed by atoms with Gasteiger partial charge in [0.15, 0.2) is 0 Å². The van der Waals surface area contributed by atoms with E-state index in [2.05, 4.69) is 0 Å². The zero-order valence-corrected chi connectivity index (χ0v) is 6.42. The minimum Gasteiger partial charge on any atom is -0.393 e. The second-order valence-electron chi connectivity index (χ2n) is 3.94. The van der Waals surface area contributed by atoms with E-state index in [0.717, 1.165) is 12.3 Å². The first-order chi connectivity index (χ1) is 4.86. The van der Waals surface area contributed by atoms with E-state index in [0.29, 0.717) is 5.92 Å². The topological polar surface area (TPSA) is 20.2 Å². The van der Waals surface area contributed by atoms with Crippen molar-refractivity contribution in [3.05, 3.63) is 0 Å². The van der Waals surface area contributed by atoms with Gasteiger partial charge in [-0.25, -0.2) is 0 Å². The third-order valence-electron chi connectivity index (χ3n) is 3.24. The van der Waals surface area contributed by atoms with Crippen LogP contribution in [0.4, 0.5) is 0 Å². The Balaban J connectivity index is 2.00. The van der Waals surface area contributed by atoms with Gasteiger partial charge in [0, 0.05) is 0 Å². The smallest absolute Gasteiger partial charge is 0.0568 e. The molecule has 2 bridgehead atoms. The van der Waals surface area contributed by atoms with Gasteiger partial charge in [-0.1, -0.05) is 12.8 Å². The van der Waals surface area contributed by atoms with Crippen molar-refractivity contribution in [2.75, 3.05) is 0 Å². The Kier molecular flexibility index (Phi) is 1.69. The number of aliphatic hydroxyl groups is 1. The molecule has 0 radical (unpaired) electrons. The number of hydrogen-bond acceptors (Lipinski definition) is 1. The lowest BCUT2D eigenvalue weighted by molar-refractivity contribution is 0.0224. The van der Waals surface area contributed by atoms with E-state index in [9.17, 15) is 5.11 Å². The molecule has 1 heteroatoms. The van der Waals surface area contributed by atoms with Crippen LogP contribution in [0.2, 0.25) is 0 Å². The molecule has 0 aliphatic heterocycles. The number of rotatable bonds is 0. The first-order valence-corrected chi connectivity index (χ1v) is 4.54. The summed E-state index contributed by atoms with van der Waals surface area (Å²) in [5, 5.41) is 9.52. The molecule has 3 atom stereocenters. The maximum Gasteiger partial charge on any atom is 0.0568 e.